The molecule has 6 nitrogen and oxygen atoms in total. The van der Waals surface area contributed by atoms with E-state index < -0.39 is 6.09 Å². The summed E-state index contributed by atoms with van der Waals surface area (Å²) in [4.78, 5) is 22.3. The molecule has 0 radical (unpaired) electrons. The van der Waals surface area contributed by atoms with Crippen LogP contribution < -0.4 is 5.32 Å². The first kappa shape index (κ1) is 10.7. The molecule has 0 saturated carbocycles. The van der Waals surface area contributed by atoms with Crippen LogP contribution >= 0.6 is 0 Å². The number of rotatable bonds is 2. The second kappa shape index (κ2) is 4.78. The molecule has 2 atom stereocenters. The highest BCUT2D eigenvalue weighted by Gasteiger charge is 2.30. The predicted molar refractivity (Wildman–Crippen MR) is 51.4 cm³/mol. The molecular weight excluding hydrogens is 200 g/mol. The summed E-state index contributed by atoms with van der Waals surface area (Å²) in [6.45, 7) is 2.59. The minimum atomic E-state index is -0.847. The van der Waals surface area contributed by atoms with Crippen molar-refractivity contribution in [2.24, 2.45) is 0 Å². The summed E-state index contributed by atoms with van der Waals surface area (Å²) in [6.07, 6.45) is 0.751. The maximum atomic E-state index is 11.0. The highest BCUT2D eigenvalue weighted by atomic mass is 17.2. The Morgan fingerprint density at radius 2 is 2.47 bits per heavy atom. The van der Waals surface area contributed by atoms with E-state index >= 15 is 0 Å². The number of amides is 1. The number of nitrogens with zero attached hydrogens (tertiary/aromatic N) is 1. The van der Waals surface area contributed by atoms with Crippen molar-refractivity contribution in [2.45, 2.75) is 25.0 Å². The molecule has 0 aliphatic carbocycles. The summed E-state index contributed by atoms with van der Waals surface area (Å²) in [7, 11) is 0. The number of hydrogen-bond donors (Lipinski definition) is 2. The topological polar surface area (TPSA) is 71.0 Å². The predicted octanol–water partition coefficient (Wildman–Crippen LogP) is 0.0488. The molecule has 86 valence electrons. The molecular formula is C9H16N2O4. The van der Waals surface area contributed by atoms with Gasteiger partial charge in [0.15, 0.2) is 0 Å². The van der Waals surface area contributed by atoms with Crippen molar-refractivity contribution >= 4 is 6.09 Å². The molecule has 0 aromatic rings. The van der Waals surface area contributed by atoms with Crippen molar-refractivity contribution in [1.82, 2.24) is 10.2 Å². The van der Waals surface area contributed by atoms with Crippen molar-refractivity contribution in [3.05, 3.63) is 0 Å². The van der Waals surface area contributed by atoms with Crippen molar-refractivity contribution in [1.29, 1.82) is 0 Å². The zero-order valence-electron chi connectivity index (χ0n) is 8.52. The molecule has 2 fully saturated rings. The van der Waals surface area contributed by atoms with Gasteiger partial charge in [-0.3, -0.25) is 0 Å². The lowest BCUT2D eigenvalue weighted by Gasteiger charge is -2.34. The molecule has 1 amide bonds. The molecule has 6 heteroatoms. The third kappa shape index (κ3) is 2.58. The first-order valence-electron chi connectivity index (χ1n) is 5.26. The maximum absolute atomic E-state index is 11.0. The van der Waals surface area contributed by atoms with Gasteiger partial charge in [-0.05, 0) is 6.42 Å². The van der Waals surface area contributed by atoms with Crippen LogP contribution in [0.25, 0.3) is 0 Å². The van der Waals surface area contributed by atoms with E-state index in [-0.39, 0.29) is 12.1 Å². The average Bonchev–Trinajstić information content (AvgIpc) is 2.71. The average molecular weight is 216 g/mol. The second-order valence-electron chi connectivity index (χ2n) is 3.90. The van der Waals surface area contributed by atoms with E-state index in [0.29, 0.717) is 26.1 Å². The summed E-state index contributed by atoms with van der Waals surface area (Å²) >= 11 is 0. The van der Waals surface area contributed by atoms with Crippen LogP contribution in [-0.2, 0) is 9.78 Å². The minimum absolute atomic E-state index is 0.00273. The standard InChI is InChI=1S/C9H16N2O4/c12-9(13)11-3-2-10-6-7(11)5-8-1-4-14-15-8/h7-8,10H,1-6H2,(H,12,13). The highest BCUT2D eigenvalue weighted by Crippen LogP contribution is 2.18. The van der Waals surface area contributed by atoms with E-state index in [4.69, 9.17) is 14.9 Å². The monoisotopic (exact) mass is 216 g/mol. The summed E-state index contributed by atoms with van der Waals surface area (Å²) in [5.41, 5.74) is 0. The first-order chi connectivity index (χ1) is 7.27. The Balaban J connectivity index is 1.89. The Morgan fingerprint density at radius 1 is 1.60 bits per heavy atom. The number of carboxylic acid groups (broad SMARTS) is 1. The van der Waals surface area contributed by atoms with Crippen molar-refractivity contribution in [2.75, 3.05) is 26.2 Å². The van der Waals surface area contributed by atoms with E-state index in [0.717, 1.165) is 13.0 Å². The fourth-order valence-corrected chi connectivity index (χ4v) is 2.06. The van der Waals surface area contributed by atoms with Crippen LogP contribution in [0.15, 0.2) is 0 Å². The zero-order valence-corrected chi connectivity index (χ0v) is 8.52. The number of carbonyl (C=O) groups is 1. The number of hydrogen-bond acceptors (Lipinski definition) is 4. The van der Waals surface area contributed by atoms with Gasteiger partial charge < -0.3 is 15.3 Å². The normalized spacial score (nSPS) is 31.9. The Hall–Kier alpha value is -0.850. The van der Waals surface area contributed by atoms with Gasteiger partial charge in [0, 0.05) is 26.1 Å². The third-order valence-corrected chi connectivity index (χ3v) is 2.86. The lowest BCUT2D eigenvalue weighted by atomic mass is 10.0. The Morgan fingerprint density at radius 3 is 3.13 bits per heavy atom. The molecule has 2 aliphatic rings. The summed E-state index contributed by atoms with van der Waals surface area (Å²) in [6, 6.07) is 0.00273. The molecule has 2 N–H and O–H groups in total. The van der Waals surface area contributed by atoms with E-state index in [9.17, 15) is 4.79 Å². The van der Waals surface area contributed by atoms with Crippen molar-refractivity contribution in [3.8, 4) is 0 Å². The molecule has 0 aromatic carbocycles. The molecule has 2 rings (SSSR count). The van der Waals surface area contributed by atoms with Crippen LogP contribution in [0.2, 0.25) is 0 Å². The fraction of sp³-hybridized carbons (Fsp3) is 0.889. The van der Waals surface area contributed by atoms with E-state index in [1.54, 1.807) is 0 Å². The molecule has 0 aromatic heterocycles. The van der Waals surface area contributed by atoms with Gasteiger partial charge in [0.05, 0.1) is 18.8 Å². The van der Waals surface area contributed by atoms with Gasteiger partial charge in [-0.25, -0.2) is 14.6 Å². The second-order valence-corrected chi connectivity index (χ2v) is 3.90. The Bertz CT molecular complexity index is 230. The Kier molecular flexibility index (Phi) is 3.40. The largest absolute Gasteiger partial charge is 0.465 e. The lowest BCUT2D eigenvalue weighted by Crippen LogP contribution is -2.54. The van der Waals surface area contributed by atoms with Crippen molar-refractivity contribution in [3.63, 3.8) is 0 Å². The highest BCUT2D eigenvalue weighted by molar-refractivity contribution is 5.65. The van der Waals surface area contributed by atoms with Crippen LogP contribution in [0.1, 0.15) is 12.8 Å². The number of nitrogens with one attached hydrogen (secondary N) is 1. The van der Waals surface area contributed by atoms with Crippen LogP contribution in [0.3, 0.4) is 0 Å². The Labute approximate surface area is 88.1 Å². The van der Waals surface area contributed by atoms with Gasteiger partial charge in [0.25, 0.3) is 0 Å². The first-order valence-corrected chi connectivity index (χ1v) is 5.26. The van der Waals surface area contributed by atoms with Gasteiger partial charge in [-0.15, -0.1) is 0 Å². The molecule has 2 aliphatic heterocycles. The summed E-state index contributed by atoms with van der Waals surface area (Å²) in [5, 5.41) is 12.2. The van der Waals surface area contributed by atoms with E-state index in [1.807, 2.05) is 0 Å². The van der Waals surface area contributed by atoms with Crippen LogP contribution in [0.4, 0.5) is 4.79 Å². The third-order valence-electron chi connectivity index (χ3n) is 2.86. The van der Waals surface area contributed by atoms with Gasteiger partial charge in [-0.1, -0.05) is 0 Å². The number of piperazine rings is 1. The van der Waals surface area contributed by atoms with Gasteiger partial charge in [-0.2, -0.15) is 0 Å². The van der Waals surface area contributed by atoms with Crippen LogP contribution in [0, 0.1) is 0 Å². The zero-order chi connectivity index (χ0) is 10.7. The lowest BCUT2D eigenvalue weighted by molar-refractivity contribution is -0.276. The molecule has 0 bridgehead atoms. The summed E-state index contributed by atoms with van der Waals surface area (Å²) in [5.74, 6) is 0. The quantitative estimate of drug-likeness (QED) is 0.638. The summed E-state index contributed by atoms with van der Waals surface area (Å²) < 4.78 is 0. The van der Waals surface area contributed by atoms with E-state index in [2.05, 4.69) is 5.32 Å². The molecule has 2 heterocycles. The molecule has 0 spiro atoms. The van der Waals surface area contributed by atoms with E-state index in [1.165, 1.54) is 4.90 Å². The smallest absolute Gasteiger partial charge is 0.407 e. The SMILES string of the molecule is O=C(O)N1CCNCC1CC1CCOO1. The minimum Gasteiger partial charge on any atom is -0.465 e. The van der Waals surface area contributed by atoms with Crippen molar-refractivity contribution < 1.29 is 19.7 Å². The van der Waals surface area contributed by atoms with Crippen LogP contribution in [0.5, 0.6) is 0 Å². The van der Waals surface area contributed by atoms with Gasteiger partial charge in [0.2, 0.25) is 0 Å². The van der Waals surface area contributed by atoms with Gasteiger partial charge in [0.1, 0.15) is 0 Å². The van der Waals surface area contributed by atoms with Gasteiger partial charge >= 0.3 is 6.09 Å². The maximum Gasteiger partial charge on any atom is 0.407 e. The molecule has 15 heavy (non-hydrogen) atoms. The van der Waals surface area contributed by atoms with Crippen LogP contribution in [-0.4, -0.2) is 54.5 Å². The molecule has 2 saturated heterocycles. The fourth-order valence-electron chi connectivity index (χ4n) is 2.06. The molecule has 2 unspecified atom stereocenters.